The largest absolute Gasteiger partial charge is 0.497 e. The molecule has 0 bridgehead atoms. The first-order chi connectivity index (χ1) is 9.36. The highest BCUT2D eigenvalue weighted by Crippen LogP contribution is 2.24. The summed E-state index contributed by atoms with van der Waals surface area (Å²) in [7, 11) is 1.41. The molecule has 0 aliphatic carbocycles. The van der Waals surface area contributed by atoms with Crippen molar-refractivity contribution >= 4 is 16.7 Å². The van der Waals surface area contributed by atoms with Crippen LogP contribution in [-0.2, 0) is 0 Å². The Morgan fingerprint density at radius 1 is 1.35 bits per heavy atom. The fourth-order valence-corrected chi connectivity index (χ4v) is 1.68. The highest BCUT2D eigenvalue weighted by Gasteiger charge is 2.39. The highest BCUT2D eigenvalue weighted by atomic mass is 19.4. The standard InChI is InChI=1S/C12H9F3N2O3/c1-19-7-3-2-6-4-8(10(17-16)12(13,14)15)11(18)20-9(6)5-7/h2-5H,16H2,1H3. The fourth-order valence-electron chi connectivity index (χ4n) is 1.68. The lowest BCUT2D eigenvalue weighted by molar-refractivity contribution is -0.0583. The summed E-state index contributed by atoms with van der Waals surface area (Å²) >= 11 is 0. The SMILES string of the molecule is COc1ccc2cc(C(=NN)C(F)(F)F)c(=O)oc2c1. The number of methoxy groups -OCH3 is 1. The number of nitrogens with two attached hydrogens (primary N) is 1. The van der Waals surface area contributed by atoms with Crippen molar-refractivity contribution in [1.29, 1.82) is 0 Å². The number of rotatable bonds is 2. The van der Waals surface area contributed by atoms with E-state index in [9.17, 15) is 18.0 Å². The number of fused-ring (bicyclic) bond motifs is 1. The molecule has 5 nitrogen and oxygen atoms in total. The molecule has 0 radical (unpaired) electrons. The van der Waals surface area contributed by atoms with E-state index in [4.69, 9.17) is 15.0 Å². The van der Waals surface area contributed by atoms with Crippen LogP contribution in [0.5, 0.6) is 5.75 Å². The van der Waals surface area contributed by atoms with Crippen molar-refractivity contribution < 1.29 is 22.3 Å². The van der Waals surface area contributed by atoms with Crippen molar-refractivity contribution in [2.24, 2.45) is 10.9 Å². The lowest BCUT2D eigenvalue weighted by Crippen LogP contribution is -2.30. The Morgan fingerprint density at radius 3 is 2.60 bits per heavy atom. The lowest BCUT2D eigenvalue weighted by atomic mass is 10.1. The highest BCUT2D eigenvalue weighted by molar-refractivity contribution is 6.05. The maximum atomic E-state index is 12.7. The first-order valence-electron chi connectivity index (χ1n) is 5.34. The minimum Gasteiger partial charge on any atom is -0.497 e. The quantitative estimate of drug-likeness (QED) is 0.396. The van der Waals surface area contributed by atoms with Gasteiger partial charge >= 0.3 is 11.8 Å². The molecule has 1 heterocycles. The normalized spacial score (nSPS) is 12.7. The van der Waals surface area contributed by atoms with E-state index in [1.54, 1.807) is 0 Å². The molecule has 0 aliphatic heterocycles. The maximum Gasteiger partial charge on any atom is 0.435 e. The molecular formula is C12H9F3N2O3. The Balaban J connectivity index is 2.68. The van der Waals surface area contributed by atoms with Crippen LogP contribution in [0, 0.1) is 0 Å². The van der Waals surface area contributed by atoms with Crippen LogP contribution in [0.3, 0.4) is 0 Å². The Morgan fingerprint density at radius 2 is 2.05 bits per heavy atom. The van der Waals surface area contributed by atoms with Gasteiger partial charge in [0, 0.05) is 11.5 Å². The van der Waals surface area contributed by atoms with Crippen LogP contribution in [0.15, 0.2) is 38.6 Å². The lowest BCUT2D eigenvalue weighted by Gasteiger charge is -2.09. The van der Waals surface area contributed by atoms with E-state index in [1.165, 1.54) is 25.3 Å². The number of nitrogens with zero attached hydrogens (tertiary/aromatic N) is 1. The van der Waals surface area contributed by atoms with Crippen LogP contribution in [0.1, 0.15) is 5.56 Å². The van der Waals surface area contributed by atoms with E-state index in [-0.39, 0.29) is 5.58 Å². The second-order valence-corrected chi connectivity index (χ2v) is 3.83. The summed E-state index contributed by atoms with van der Waals surface area (Å²) < 4.78 is 47.9. The van der Waals surface area contributed by atoms with Gasteiger partial charge in [0.1, 0.15) is 11.3 Å². The minimum absolute atomic E-state index is 0.108. The van der Waals surface area contributed by atoms with E-state index >= 15 is 0 Å². The number of hydrogen-bond donors (Lipinski definition) is 1. The van der Waals surface area contributed by atoms with Crippen LogP contribution in [0.2, 0.25) is 0 Å². The van der Waals surface area contributed by atoms with Crippen molar-refractivity contribution in [2.75, 3.05) is 7.11 Å². The van der Waals surface area contributed by atoms with Gasteiger partial charge in [-0.1, -0.05) is 0 Å². The Kier molecular flexibility index (Phi) is 3.39. The summed E-state index contributed by atoms with van der Waals surface area (Å²) in [4.78, 5) is 11.6. The van der Waals surface area contributed by atoms with Gasteiger partial charge < -0.3 is 15.0 Å². The first kappa shape index (κ1) is 13.9. The van der Waals surface area contributed by atoms with Gasteiger partial charge in [-0.05, 0) is 18.2 Å². The summed E-state index contributed by atoms with van der Waals surface area (Å²) in [5.74, 6) is 5.13. The second kappa shape index (κ2) is 4.87. The van der Waals surface area contributed by atoms with Crippen LogP contribution in [-0.4, -0.2) is 19.0 Å². The molecule has 1 aromatic heterocycles. The summed E-state index contributed by atoms with van der Waals surface area (Å²) in [5, 5.41) is 2.93. The van der Waals surface area contributed by atoms with Gasteiger partial charge in [-0.15, -0.1) is 0 Å². The van der Waals surface area contributed by atoms with E-state index in [1.807, 2.05) is 0 Å². The number of benzene rings is 1. The van der Waals surface area contributed by atoms with Gasteiger partial charge in [0.25, 0.3) is 0 Å². The van der Waals surface area contributed by atoms with Crippen molar-refractivity contribution in [2.45, 2.75) is 6.18 Å². The molecule has 0 saturated carbocycles. The molecule has 0 saturated heterocycles. The van der Waals surface area contributed by atoms with Gasteiger partial charge in [-0.25, -0.2) is 4.79 Å². The zero-order valence-corrected chi connectivity index (χ0v) is 10.2. The third kappa shape index (κ3) is 2.44. The third-order valence-corrected chi connectivity index (χ3v) is 2.60. The van der Waals surface area contributed by atoms with Gasteiger partial charge in [0.2, 0.25) is 0 Å². The Labute approximate surface area is 110 Å². The van der Waals surface area contributed by atoms with Gasteiger partial charge in [-0.3, -0.25) is 0 Å². The summed E-state index contributed by atoms with van der Waals surface area (Å²) in [6.45, 7) is 0. The molecular weight excluding hydrogens is 277 g/mol. The second-order valence-electron chi connectivity index (χ2n) is 3.83. The molecule has 0 fully saturated rings. The predicted octanol–water partition coefficient (Wildman–Crippen LogP) is 2.03. The van der Waals surface area contributed by atoms with Crippen LogP contribution >= 0.6 is 0 Å². The zero-order valence-electron chi connectivity index (χ0n) is 10.2. The molecule has 2 rings (SSSR count). The van der Waals surface area contributed by atoms with Crippen molar-refractivity contribution in [3.8, 4) is 5.75 Å². The molecule has 0 atom stereocenters. The van der Waals surface area contributed by atoms with Gasteiger partial charge in [0.15, 0.2) is 5.71 Å². The van der Waals surface area contributed by atoms with Gasteiger partial charge in [-0.2, -0.15) is 18.3 Å². The van der Waals surface area contributed by atoms with E-state index < -0.39 is 23.1 Å². The molecule has 0 spiro atoms. The molecule has 0 unspecified atom stereocenters. The van der Waals surface area contributed by atoms with E-state index in [2.05, 4.69) is 5.10 Å². The monoisotopic (exact) mass is 286 g/mol. The molecule has 106 valence electrons. The maximum absolute atomic E-state index is 12.7. The van der Waals surface area contributed by atoms with Crippen LogP contribution in [0.25, 0.3) is 11.0 Å². The summed E-state index contributed by atoms with van der Waals surface area (Å²) in [6.07, 6.45) is -4.84. The Bertz CT molecular complexity index is 735. The summed E-state index contributed by atoms with van der Waals surface area (Å²) in [6, 6.07) is 5.41. The molecule has 2 N–H and O–H groups in total. The molecule has 1 aromatic carbocycles. The number of halogens is 3. The Hall–Kier alpha value is -2.51. The molecule has 0 aliphatic rings. The number of ether oxygens (including phenoxy) is 1. The average molecular weight is 286 g/mol. The van der Waals surface area contributed by atoms with Crippen LogP contribution < -0.4 is 16.2 Å². The third-order valence-electron chi connectivity index (χ3n) is 2.60. The average Bonchev–Trinajstić information content (AvgIpc) is 2.38. The van der Waals surface area contributed by atoms with Crippen molar-refractivity contribution in [3.63, 3.8) is 0 Å². The topological polar surface area (TPSA) is 77.8 Å². The van der Waals surface area contributed by atoms with Crippen LogP contribution in [0.4, 0.5) is 13.2 Å². The van der Waals surface area contributed by atoms with E-state index in [0.717, 1.165) is 6.07 Å². The fraction of sp³-hybridized carbons (Fsp3) is 0.167. The molecule has 8 heteroatoms. The summed E-state index contributed by atoms with van der Waals surface area (Å²) in [5.41, 5.74) is -3.29. The van der Waals surface area contributed by atoms with Crippen molar-refractivity contribution in [3.05, 3.63) is 40.2 Å². The number of alkyl halides is 3. The predicted molar refractivity (Wildman–Crippen MR) is 65.8 cm³/mol. The molecule has 2 aromatic rings. The van der Waals surface area contributed by atoms with E-state index in [0.29, 0.717) is 11.1 Å². The number of hydrogen-bond acceptors (Lipinski definition) is 5. The molecule has 0 amide bonds. The van der Waals surface area contributed by atoms with Gasteiger partial charge in [0.05, 0.1) is 12.7 Å². The number of hydrazone groups is 1. The first-order valence-corrected chi connectivity index (χ1v) is 5.34. The van der Waals surface area contributed by atoms with Crippen molar-refractivity contribution in [1.82, 2.24) is 0 Å². The molecule has 20 heavy (non-hydrogen) atoms. The zero-order chi connectivity index (χ0) is 14.9. The minimum atomic E-state index is -4.84. The smallest absolute Gasteiger partial charge is 0.435 e.